The number of thiocarbonyl (C=S) groups is 1. The van der Waals surface area contributed by atoms with Crippen LogP contribution in [0.2, 0.25) is 0 Å². The Hall–Kier alpha value is -1.13. The highest BCUT2D eigenvalue weighted by atomic mass is 32.2. The van der Waals surface area contributed by atoms with Crippen molar-refractivity contribution in [2.75, 3.05) is 0 Å². The molecule has 2 nitrogen and oxygen atoms in total. The van der Waals surface area contributed by atoms with Crippen molar-refractivity contribution in [3.05, 3.63) is 40.3 Å². The number of hydrogen-bond acceptors (Lipinski definition) is 3. The molecule has 0 aromatic heterocycles. The molecule has 1 amide bonds. The minimum absolute atomic E-state index is 0.0897. The van der Waals surface area contributed by atoms with Crippen molar-refractivity contribution in [2.24, 2.45) is 0 Å². The maximum absolute atomic E-state index is 11.6. The number of hydrogen-bond donors (Lipinski definition) is 1. The van der Waals surface area contributed by atoms with Gasteiger partial charge in [-0.25, -0.2) is 0 Å². The lowest BCUT2D eigenvalue weighted by atomic mass is 10.1. The van der Waals surface area contributed by atoms with Crippen molar-refractivity contribution in [1.29, 1.82) is 0 Å². The first-order valence-electron chi connectivity index (χ1n) is 4.89. The van der Waals surface area contributed by atoms with E-state index < -0.39 is 0 Å². The second-order valence-corrected chi connectivity index (χ2v) is 5.35. The number of aryl methyl sites for hydroxylation is 1. The number of allylic oxidation sites excluding steroid dienone is 1. The van der Waals surface area contributed by atoms with Crippen molar-refractivity contribution < 1.29 is 4.79 Å². The van der Waals surface area contributed by atoms with Crippen molar-refractivity contribution >= 4 is 39.8 Å². The molecule has 1 aliphatic rings. The van der Waals surface area contributed by atoms with E-state index in [0.29, 0.717) is 9.23 Å². The normalized spacial score (nSPS) is 18.6. The smallest absolute Gasteiger partial charge is 0.263 e. The zero-order valence-corrected chi connectivity index (χ0v) is 10.7. The molecular weight excluding hydrogens is 238 g/mol. The fraction of sp³-hybridized carbons (Fsp3) is 0.167. The number of rotatable bonds is 1. The maximum atomic E-state index is 11.6. The third kappa shape index (κ3) is 2.18. The predicted octanol–water partition coefficient (Wildman–Crippen LogP) is 2.87. The van der Waals surface area contributed by atoms with Gasteiger partial charge < -0.3 is 5.32 Å². The van der Waals surface area contributed by atoms with Gasteiger partial charge >= 0.3 is 0 Å². The fourth-order valence-electron chi connectivity index (χ4n) is 1.50. The monoisotopic (exact) mass is 249 g/mol. The van der Waals surface area contributed by atoms with Gasteiger partial charge in [0.25, 0.3) is 5.91 Å². The quantitative estimate of drug-likeness (QED) is 0.613. The molecule has 1 aromatic carbocycles. The minimum atomic E-state index is -0.0897. The molecule has 0 unspecified atom stereocenters. The van der Waals surface area contributed by atoms with Crippen LogP contribution in [0.4, 0.5) is 0 Å². The lowest BCUT2D eigenvalue weighted by Crippen LogP contribution is -2.18. The Kier molecular flexibility index (Phi) is 3.12. The highest BCUT2D eigenvalue weighted by Gasteiger charge is 2.24. The summed E-state index contributed by atoms with van der Waals surface area (Å²) in [5.74, 6) is -0.0897. The topological polar surface area (TPSA) is 29.1 Å². The lowest BCUT2D eigenvalue weighted by Gasteiger charge is -2.04. The molecule has 16 heavy (non-hydrogen) atoms. The van der Waals surface area contributed by atoms with Crippen molar-refractivity contribution in [2.45, 2.75) is 13.8 Å². The number of nitrogens with one attached hydrogen (secondary N) is 1. The minimum Gasteiger partial charge on any atom is -0.307 e. The molecule has 2 rings (SSSR count). The molecule has 1 saturated heterocycles. The molecule has 1 heterocycles. The van der Waals surface area contributed by atoms with E-state index in [0.717, 1.165) is 11.1 Å². The Bertz CT molecular complexity index is 488. The zero-order chi connectivity index (χ0) is 11.7. The Balaban J connectivity index is 2.41. The molecule has 0 saturated carbocycles. The van der Waals surface area contributed by atoms with Gasteiger partial charge in [-0.05, 0) is 25.0 Å². The van der Waals surface area contributed by atoms with Crippen LogP contribution < -0.4 is 5.32 Å². The summed E-state index contributed by atoms with van der Waals surface area (Å²) >= 11 is 6.29. The molecule has 1 aliphatic heterocycles. The standard InChI is InChI=1S/C12H11NOS2/c1-7-3-5-9(6-4-7)8(2)10-11(14)13-12(15)16-10/h3-6H,1-2H3,(H,13,14,15). The van der Waals surface area contributed by atoms with Crippen LogP contribution in [0.5, 0.6) is 0 Å². The average molecular weight is 249 g/mol. The largest absolute Gasteiger partial charge is 0.307 e. The molecule has 4 heteroatoms. The van der Waals surface area contributed by atoms with Crippen LogP contribution in [0.3, 0.4) is 0 Å². The number of amides is 1. The Morgan fingerprint density at radius 2 is 1.94 bits per heavy atom. The summed E-state index contributed by atoms with van der Waals surface area (Å²) in [6, 6.07) is 8.12. The van der Waals surface area contributed by atoms with Gasteiger partial charge in [-0.1, -0.05) is 53.8 Å². The average Bonchev–Trinajstić information content (AvgIpc) is 2.58. The van der Waals surface area contributed by atoms with Crippen molar-refractivity contribution in [1.82, 2.24) is 5.32 Å². The first kappa shape index (κ1) is 11.4. The van der Waals surface area contributed by atoms with Gasteiger partial charge in [0.15, 0.2) is 0 Å². The van der Waals surface area contributed by atoms with Gasteiger partial charge in [0.1, 0.15) is 4.32 Å². The highest BCUT2D eigenvalue weighted by Crippen LogP contribution is 2.31. The third-order valence-electron chi connectivity index (χ3n) is 2.44. The Morgan fingerprint density at radius 3 is 2.44 bits per heavy atom. The van der Waals surface area contributed by atoms with Crippen molar-refractivity contribution in [3.8, 4) is 0 Å². The zero-order valence-electron chi connectivity index (χ0n) is 9.03. The predicted molar refractivity (Wildman–Crippen MR) is 72.1 cm³/mol. The summed E-state index contributed by atoms with van der Waals surface area (Å²) in [6.07, 6.45) is 0. The molecule has 0 spiro atoms. The van der Waals surface area contributed by atoms with Crippen LogP contribution in [0.25, 0.3) is 5.57 Å². The molecule has 0 atom stereocenters. The lowest BCUT2D eigenvalue weighted by molar-refractivity contribution is -0.115. The van der Waals surface area contributed by atoms with Crippen molar-refractivity contribution in [3.63, 3.8) is 0 Å². The maximum Gasteiger partial charge on any atom is 0.263 e. The fourth-order valence-corrected chi connectivity index (χ4v) is 2.58. The molecule has 0 radical (unpaired) electrons. The Morgan fingerprint density at radius 1 is 1.31 bits per heavy atom. The van der Waals surface area contributed by atoms with Crippen LogP contribution in [-0.4, -0.2) is 10.2 Å². The van der Waals surface area contributed by atoms with E-state index >= 15 is 0 Å². The first-order valence-corrected chi connectivity index (χ1v) is 6.11. The van der Waals surface area contributed by atoms with Gasteiger partial charge in [0, 0.05) is 0 Å². The summed E-state index contributed by atoms with van der Waals surface area (Å²) in [5, 5.41) is 2.63. The number of benzene rings is 1. The van der Waals surface area contributed by atoms with Gasteiger partial charge in [-0.15, -0.1) is 0 Å². The molecule has 82 valence electrons. The van der Waals surface area contributed by atoms with Crippen LogP contribution >= 0.6 is 24.0 Å². The van der Waals surface area contributed by atoms with Crippen LogP contribution in [-0.2, 0) is 4.79 Å². The summed E-state index contributed by atoms with van der Waals surface area (Å²) in [7, 11) is 0. The van der Waals surface area contributed by atoms with Crippen LogP contribution in [0, 0.1) is 6.92 Å². The van der Waals surface area contributed by atoms with Gasteiger partial charge in [-0.2, -0.15) is 0 Å². The first-order chi connectivity index (χ1) is 7.58. The summed E-state index contributed by atoms with van der Waals surface area (Å²) in [5.41, 5.74) is 3.25. The summed E-state index contributed by atoms with van der Waals surface area (Å²) in [4.78, 5) is 12.3. The second kappa shape index (κ2) is 4.39. The Labute approximate surface area is 104 Å². The third-order valence-corrected chi connectivity index (χ3v) is 3.78. The number of carbonyl (C=O) groups excluding carboxylic acids is 1. The summed E-state index contributed by atoms with van der Waals surface area (Å²) in [6.45, 7) is 3.99. The van der Waals surface area contributed by atoms with E-state index in [1.165, 1.54) is 17.3 Å². The van der Waals surface area contributed by atoms with E-state index in [4.69, 9.17) is 12.2 Å². The van der Waals surface area contributed by atoms with Crippen LogP contribution in [0.1, 0.15) is 18.1 Å². The molecule has 1 aromatic rings. The van der Waals surface area contributed by atoms with E-state index in [-0.39, 0.29) is 5.91 Å². The molecule has 1 N–H and O–H groups in total. The summed E-state index contributed by atoms with van der Waals surface area (Å²) < 4.78 is 0.534. The molecule has 0 aliphatic carbocycles. The second-order valence-electron chi connectivity index (χ2n) is 3.66. The SMILES string of the molecule is CC(=C1SC(=S)NC1=O)c1ccc(C)cc1. The van der Waals surface area contributed by atoms with E-state index in [1.807, 2.05) is 38.1 Å². The highest BCUT2D eigenvalue weighted by molar-refractivity contribution is 8.26. The van der Waals surface area contributed by atoms with Gasteiger partial charge in [0.05, 0.1) is 4.91 Å². The van der Waals surface area contributed by atoms with E-state index in [1.54, 1.807) is 0 Å². The van der Waals surface area contributed by atoms with Crippen LogP contribution in [0.15, 0.2) is 29.2 Å². The van der Waals surface area contributed by atoms with E-state index in [2.05, 4.69) is 5.32 Å². The number of thioether (sulfide) groups is 1. The molecular formula is C12H11NOS2. The van der Waals surface area contributed by atoms with Gasteiger partial charge in [0.2, 0.25) is 0 Å². The van der Waals surface area contributed by atoms with E-state index in [9.17, 15) is 4.79 Å². The number of carbonyl (C=O) groups is 1. The molecule has 0 bridgehead atoms. The van der Waals surface area contributed by atoms with Gasteiger partial charge in [-0.3, -0.25) is 4.79 Å². The molecule has 1 fully saturated rings.